The standard InChI is InChI=1S/C30H33F2N3O3/c1-17(5-4-14-31)23-16-22(32)12-9-20(23)15-24-34-27-18(2)28(38)30(3,26(27)29(33)35-24)21-10-6-19(7-11-21)8-13-25(36)37/h6-7,9-12,16-18H,4-5,8,13-15H2,1-3H3,(H,36,37)(H2,33,34,35)/t17?,18?,30-/m0/s1. The molecule has 0 aliphatic heterocycles. The minimum atomic E-state index is -1.04. The first kappa shape index (κ1) is 27.4. The Hall–Kier alpha value is -3.68. The molecule has 2 aromatic carbocycles. The van der Waals surface area contributed by atoms with E-state index in [9.17, 15) is 18.4 Å². The van der Waals surface area contributed by atoms with E-state index in [1.54, 1.807) is 6.07 Å². The Labute approximate surface area is 221 Å². The van der Waals surface area contributed by atoms with E-state index in [4.69, 9.17) is 15.8 Å². The zero-order valence-corrected chi connectivity index (χ0v) is 21.9. The minimum absolute atomic E-state index is 0.0311. The largest absolute Gasteiger partial charge is 0.481 e. The summed E-state index contributed by atoms with van der Waals surface area (Å²) in [6.07, 6.45) is 1.74. The molecule has 0 saturated carbocycles. The number of halogens is 2. The smallest absolute Gasteiger partial charge is 0.303 e. The quantitative estimate of drug-likeness (QED) is 0.357. The number of nitrogens with zero attached hydrogens (tertiary/aromatic N) is 2. The van der Waals surface area contributed by atoms with Gasteiger partial charge < -0.3 is 10.8 Å². The van der Waals surface area contributed by atoms with Crippen LogP contribution < -0.4 is 5.73 Å². The number of nitrogens with two attached hydrogens (primary N) is 1. The molecule has 0 amide bonds. The molecule has 1 aliphatic carbocycles. The van der Waals surface area contributed by atoms with Crippen molar-refractivity contribution in [3.05, 3.63) is 87.6 Å². The Balaban J connectivity index is 1.69. The molecule has 6 nitrogen and oxygen atoms in total. The van der Waals surface area contributed by atoms with Crippen molar-refractivity contribution in [3.63, 3.8) is 0 Å². The van der Waals surface area contributed by atoms with E-state index >= 15 is 0 Å². The van der Waals surface area contributed by atoms with Crippen LogP contribution in [0.25, 0.3) is 0 Å². The summed E-state index contributed by atoms with van der Waals surface area (Å²) < 4.78 is 26.8. The molecule has 4 rings (SSSR count). The van der Waals surface area contributed by atoms with Crippen LogP contribution in [0.4, 0.5) is 14.6 Å². The van der Waals surface area contributed by atoms with Gasteiger partial charge in [-0.1, -0.05) is 37.3 Å². The number of carboxylic acid groups (broad SMARTS) is 1. The minimum Gasteiger partial charge on any atom is -0.481 e. The highest BCUT2D eigenvalue weighted by atomic mass is 19.1. The van der Waals surface area contributed by atoms with Gasteiger partial charge in [-0.25, -0.2) is 14.4 Å². The summed E-state index contributed by atoms with van der Waals surface area (Å²) >= 11 is 0. The van der Waals surface area contributed by atoms with Crippen molar-refractivity contribution < 1.29 is 23.5 Å². The second kappa shape index (κ2) is 11.0. The maximum absolute atomic E-state index is 14.1. The van der Waals surface area contributed by atoms with Crippen LogP contribution in [0.2, 0.25) is 0 Å². The number of fused-ring (bicyclic) bond motifs is 1. The van der Waals surface area contributed by atoms with Crippen LogP contribution in [-0.4, -0.2) is 33.5 Å². The van der Waals surface area contributed by atoms with E-state index < -0.39 is 24.0 Å². The van der Waals surface area contributed by atoms with Crippen LogP contribution in [0.15, 0.2) is 42.5 Å². The number of hydrogen-bond acceptors (Lipinski definition) is 5. The Morgan fingerprint density at radius 2 is 1.89 bits per heavy atom. The molecule has 3 N–H and O–H groups in total. The zero-order valence-electron chi connectivity index (χ0n) is 21.9. The van der Waals surface area contributed by atoms with Crippen molar-refractivity contribution in [2.45, 2.75) is 70.1 Å². The van der Waals surface area contributed by atoms with Crippen LogP contribution in [0, 0.1) is 5.82 Å². The third-order valence-electron chi connectivity index (χ3n) is 7.72. The predicted octanol–water partition coefficient (Wildman–Crippen LogP) is 5.65. The number of nitrogen functional groups attached to an aromatic ring is 1. The van der Waals surface area contributed by atoms with E-state index in [0.29, 0.717) is 42.8 Å². The van der Waals surface area contributed by atoms with E-state index in [1.807, 2.05) is 45.0 Å². The van der Waals surface area contributed by atoms with Crippen molar-refractivity contribution in [2.75, 3.05) is 12.4 Å². The Morgan fingerprint density at radius 1 is 1.18 bits per heavy atom. The van der Waals surface area contributed by atoms with Crippen LogP contribution in [0.1, 0.15) is 91.2 Å². The maximum atomic E-state index is 14.1. The number of carbonyl (C=O) groups excluding carboxylic acids is 1. The van der Waals surface area contributed by atoms with Gasteiger partial charge >= 0.3 is 5.97 Å². The third kappa shape index (κ3) is 5.17. The lowest BCUT2D eigenvalue weighted by atomic mass is 9.76. The number of aryl methyl sites for hydroxylation is 1. The maximum Gasteiger partial charge on any atom is 0.303 e. The molecule has 8 heteroatoms. The highest BCUT2D eigenvalue weighted by Crippen LogP contribution is 2.48. The number of ketones is 1. The topological polar surface area (TPSA) is 106 Å². The van der Waals surface area contributed by atoms with Gasteiger partial charge in [0.2, 0.25) is 0 Å². The number of alkyl halides is 1. The number of rotatable bonds is 10. The SMILES string of the molecule is CC(CCCF)c1cc(F)ccc1Cc1nc(N)c2c(n1)C(C)C(=O)[C@@]2(C)c1ccc(CCC(=O)O)cc1. The van der Waals surface area contributed by atoms with E-state index in [0.717, 1.165) is 22.3 Å². The molecule has 2 unspecified atom stereocenters. The highest BCUT2D eigenvalue weighted by molar-refractivity contribution is 6.03. The van der Waals surface area contributed by atoms with Gasteiger partial charge in [0.15, 0.2) is 5.78 Å². The number of benzene rings is 2. The van der Waals surface area contributed by atoms with E-state index in [2.05, 4.69) is 4.98 Å². The number of Topliss-reactive ketones (excluding diaryl/α,β-unsaturated/α-hetero) is 1. The summed E-state index contributed by atoms with van der Waals surface area (Å²) in [5.74, 6) is -1.11. The normalized spacial score (nSPS) is 19.4. The second-order valence-electron chi connectivity index (χ2n) is 10.3. The summed E-state index contributed by atoms with van der Waals surface area (Å²) in [4.78, 5) is 33.9. The fourth-order valence-corrected chi connectivity index (χ4v) is 5.57. The van der Waals surface area contributed by atoms with Crippen LogP contribution >= 0.6 is 0 Å². The van der Waals surface area contributed by atoms with Crippen molar-refractivity contribution in [1.82, 2.24) is 9.97 Å². The molecule has 1 heterocycles. The summed E-state index contributed by atoms with van der Waals surface area (Å²) in [6.45, 7) is 5.17. The molecule has 0 spiro atoms. The molecule has 200 valence electrons. The Kier molecular flexibility index (Phi) is 7.90. The summed E-state index contributed by atoms with van der Waals surface area (Å²) in [7, 11) is 0. The fraction of sp³-hybridized carbons (Fsp3) is 0.400. The van der Waals surface area contributed by atoms with Gasteiger partial charge in [-0.3, -0.25) is 14.0 Å². The number of anilines is 1. The van der Waals surface area contributed by atoms with Crippen molar-refractivity contribution in [2.24, 2.45) is 0 Å². The molecule has 0 radical (unpaired) electrons. The lowest BCUT2D eigenvalue weighted by Crippen LogP contribution is -2.31. The molecule has 3 atom stereocenters. The van der Waals surface area contributed by atoms with Crippen LogP contribution in [0.5, 0.6) is 0 Å². The molecule has 0 saturated heterocycles. The van der Waals surface area contributed by atoms with Gasteiger partial charge in [-0.05, 0) is 73.4 Å². The van der Waals surface area contributed by atoms with Gasteiger partial charge in [0, 0.05) is 18.4 Å². The van der Waals surface area contributed by atoms with E-state index in [1.165, 1.54) is 12.1 Å². The monoisotopic (exact) mass is 521 g/mol. The second-order valence-corrected chi connectivity index (χ2v) is 10.3. The molecule has 3 aromatic rings. The molecular weight excluding hydrogens is 488 g/mol. The van der Waals surface area contributed by atoms with E-state index in [-0.39, 0.29) is 29.8 Å². The third-order valence-corrected chi connectivity index (χ3v) is 7.72. The number of carboxylic acids is 1. The molecule has 38 heavy (non-hydrogen) atoms. The highest BCUT2D eigenvalue weighted by Gasteiger charge is 2.50. The molecular formula is C30H33F2N3O3. The van der Waals surface area contributed by atoms with Gasteiger partial charge in [-0.15, -0.1) is 0 Å². The number of aliphatic carboxylic acids is 1. The molecule has 0 bridgehead atoms. The number of carbonyl (C=O) groups is 2. The van der Waals surface area contributed by atoms with Gasteiger partial charge in [0.25, 0.3) is 0 Å². The number of hydrogen-bond donors (Lipinski definition) is 2. The summed E-state index contributed by atoms with van der Waals surface area (Å²) in [5.41, 5.74) is 9.88. The van der Waals surface area contributed by atoms with Gasteiger partial charge in [-0.2, -0.15) is 0 Å². The molecule has 1 aliphatic rings. The first-order valence-corrected chi connectivity index (χ1v) is 12.9. The van der Waals surface area contributed by atoms with Crippen LogP contribution in [-0.2, 0) is 27.8 Å². The Morgan fingerprint density at radius 3 is 2.55 bits per heavy atom. The van der Waals surface area contributed by atoms with Crippen molar-refractivity contribution in [1.29, 1.82) is 0 Å². The molecule has 0 fully saturated rings. The van der Waals surface area contributed by atoms with Gasteiger partial charge in [0.05, 0.1) is 23.7 Å². The average Bonchev–Trinajstić information content (AvgIpc) is 3.09. The lowest BCUT2D eigenvalue weighted by molar-refractivity contribution is -0.137. The molecule has 1 aromatic heterocycles. The predicted molar refractivity (Wildman–Crippen MR) is 142 cm³/mol. The summed E-state index contributed by atoms with van der Waals surface area (Å²) in [6, 6.07) is 11.9. The Bertz CT molecular complexity index is 1360. The first-order chi connectivity index (χ1) is 18.1. The first-order valence-electron chi connectivity index (χ1n) is 12.9. The summed E-state index contributed by atoms with van der Waals surface area (Å²) in [5, 5.41) is 8.95. The van der Waals surface area contributed by atoms with Crippen molar-refractivity contribution >= 4 is 17.6 Å². The van der Waals surface area contributed by atoms with Crippen LogP contribution in [0.3, 0.4) is 0 Å². The lowest BCUT2D eigenvalue weighted by Gasteiger charge is -2.26. The average molecular weight is 522 g/mol. The zero-order chi connectivity index (χ0) is 27.6. The van der Waals surface area contributed by atoms with Gasteiger partial charge in [0.1, 0.15) is 17.5 Å². The fourth-order valence-electron chi connectivity index (χ4n) is 5.57. The van der Waals surface area contributed by atoms with Crippen molar-refractivity contribution in [3.8, 4) is 0 Å². The number of aromatic nitrogens is 2.